The summed E-state index contributed by atoms with van der Waals surface area (Å²) in [4.78, 5) is 0. The summed E-state index contributed by atoms with van der Waals surface area (Å²) in [7, 11) is 1.64. The van der Waals surface area contributed by atoms with Gasteiger partial charge in [-0.2, -0.15) is 0 Å². The van der Waals surface area contributed by atoms with E-state index in [0.29, 0.717) is 0 Å². The lowest BCUT2D eigenvalue weighted by Crippen LogP contribution is -2.29. The molecule has 2 aromatic rings. The van der Waals surface area contributed by atoms with E-state index >= 15 is 0 Å². The summed E-state index contributed by atoms with van der Waals surface area (Å²) in [6.07, 6.45) is -0.249. The fourth-order valence-corrected chi connectivity index (χ4v) is 2.25. The molecule has 112 valence electrons. The molecule has 0 amide bonds. The molecule has 0 aromatic heterocycles. The van der Waals surface area contributed by atoms with Crippen LogP contribution in [0.3, 0.4) is 0 Å². The van der Waals surface area contributed by atoms with Crippen molar-refractivity contribution >= 4 is 11.6 Å². The third-order valence-electron chi connectivity index (χ3n) is 3.29. The lowest BCUT2D eigenvalue weighted by Gasteiger charge is -2.23. The van der Waals surface area contributed by atoms with Crippen LogP contribution in [-0.2, 0) is 0 Å². The highest BCUT2D eigenvalue weighted by Gasteiger charge is 2.19. The number of benzene rings is 2. The van der Waals surface area contributed by atoms with Crippen LogP contribution >= 0.6 is 11.6 Å². The zero-order valence-corrected chi connectivity index (χ0v) is 13.2. The van der Waals surface area contributed by atoms with E-state index in [-0.39, 0.29) is 12.1 Å². The van der Waals surface area contributed by atoms with Crippen LogP contribution in [0, 0.1) is 6.92 Å². The maximum atomic E-state index is 6.08. The van der Waals surface area contributed by atoms with Gasteiger partial charge in [-0.05, 0) is 55.3 Å². The average Bonchev–Trinajstić information content (AvgIpc) is 2.48. The first kappa shape index (κ1) is 15.7. The first-order valence-corrected chi connectivity index (χ1v) is 7.21. The molecule has 3 nitrogen and oxygen atoms in total. The van der Waals surface area contributed by atoms with E-state index in [2.05, 4.69) is 0 Å². The molecule has 0 bridgehead atoms. The minimum absolute atomic E-state index is 0.159. The Bertz CT molecular complexity index is 613. The zero-order valence-electron chi connectivity index (χ0n) is 12.5. The Balaban J connectivity index is 2.28. The lowest BCUT2D eigenvalue weighted by molar-refractivity contribution is 0.180. The maximum absolute atomic E-state index is 6.08. The van der Waals surface area contributed by atoms with Gasteiger partial charge in [0.1, 0.15) is 17.6 Å². The summed E-state index contributed by atoms with van der Waals surface area (Å²) < 4.78 is 11.3. The van der Waals surface area contributed by atoms with Crippen LogP contribution in [0.25, 0.3) is 0 Å². The topological polar surface area (TPSA) is 44.5 Å². The van der Waals surface area contributed by atoms with Gasteiger partial charge in [0.25, 0.3) is 0 Å². The van der Waals surface area contributed by atoms with Gasteiger partial charge < -0.3 is 15.2 Å². The molecule has 2 unspecified atom stereocenters. The van der Waals surface area contributed by atoms with E-state index < -0.39 is 0 Å². The van der Waals surface area contributed by atoms with Crippen LogP contribution in [-0.4, -0.2) is 13.2 Å². The number of aryl methyl sites for hydroxylation is 1. The second kappa shape index (κ2) is 6.83. The summed E-state index contributed by atoms with van der Waals surface area (Å²) in [5.41, 5.74) is 8.04. The monoisotopic (exact) mass is 305 g/mol. The normalized spacial score (nSPS) is 13.6. The molecule has 0 heterocycles. The standard InChI is InChI=1S/C17H20ClNO2/c1-11-9-15(7-8-16(11)18)21-17(12(2)19)13-5-4-6-14(10-13)20-3/h4-10,12,17H,19H2,1-3H3. The summed E-state index contributed by atoms with van der Waals surface area (Å²) in [6.45, 7) is 3.87. The summed E-state index contributed by atoms with van der Waals surface area (Å²) in [5, 5.41) is 0.723. The van der Waals surface area contributed by atoms with Gasteiger partial charge in [-0.15, -0.1) is 0 Å². The van der Waals surface area contributed by atoms with Crippen molar-refractivity contribution in [3.8, 4) is 11.5 Å². The Morgan fingerprint density at radius 1 is 1.10 bits per heavy atom. The molecule has 0 radical (unpaired) electrons. The molecule has 0 saturated carbocycles. The predicted octanol–water partition coefficient (Wildman–Crippen LogP) is 4.12. The van der Waals surface area contributed by atoms with Gasteiger partial charge in [0.2, 0.25) is 0 Å². The van der Waals surface area contributed by atoms with Crippen LogP contribution in [0.15, 0.2) is 42.5 Å². The number of rotatable bonds is 5. The molecule has 0 spiro atoms. The van der Waals surface area contributed by atoms with Gasteiger partial charge in [0.15, 0.2) is 0 Å². The zero-order chi connectivity index (χ0) is 15.4. The van der Waals surface area contributed by atoms with Crippen molar-refractivity contribution in [2.75, 3.05) is 7.11 Å². The molecule has 21 heavy (non-hydrogen) atoms. The van der Waals surface area contributed by atoms with Crippen molar-refractivity contribution in [3.05, 3.63) is 58.6 Å². The Kier molecular flexibility index (Phi) is 5.10. The minimum Gasteiger partial charge on any atom is -0.497 e. The van der Waals surface area contributed by atoms with E-state index in [1.807, 2.05) is 56.3 Å². The van der Waals surface area contributed by atoms with Gasteiger partial charge in [0.05, 0.1) is 7.11 Å². The molecule has 2 aromatic carbocycles. The number of nitrogens with two attached hydrogens (primary N) is 1. The van der Waals surface area contributed by atoms with Gasteiger partial charge in [-0.1, -0.05) is 23.7 Å². The fraction of sp³-hybridized carbons (Fsp3) is 0.294. The molecule has 0 aliphatic carbocycles. The molecular weight excluding hydrogens is 286 g/mol. The molecule has 0 aliphatic rings. The Labute approximate surface area is 130 Å². The highest BCUT2D eigenvalue weighted by molar-refractivity contribution is 6.31. The predicted molar refractivity (Wildman–Crippen MR) is 86.2 cm³/mol. The highest BCUT2D eigenvalue weighted by Crippen LogP contribution is 2.29. The van der Waals surface area contributed by atoms with Crippen molar-refractivity contribution in [2.24, 2.45) is 5.73 Å². The summed E-state index contributed by atoms with van der Waals surface area (Å²) in [6, 6.07) is 13.2. The molecule has 2 atom stereocenters. The quantitative estimate of drug-likeness (QED) is 0.903. The Hall–Kier alpha value is -1.71. The van der Waals surface area contributed by atoms with Crippen molar-refractivity contribution in [1.29, 1.82) is 0 Å². The number of methoxy groups -OCH3 is 1. The van der Waals surface area contributed by atoms with E-state index in [1.54, 1.807) is 7.11 Å². The number of ether oxygens (including phenoxy) is 2. The first-order valence-electron chi connectivity index (χ1n) is 6.83. The number of hydrogen-bond acceptors (Lipinski definition) is 3. The van der Waals surface area contributed by atoms with E-state index in [0.717, 1.165) is 27.6 Å². The van der Waals surface area contributed by atoms with Gasteiger partial charge >= 0.3 is 0 Å². The molecular formula is C17H20ClNO2. The molecule has 0 saturated heterocycles. The van der Waals surface area contributed by atoms with Crippen molar-refractivity contribution in [3.63, 3.8) is 0 Å². The maximum Gasteiger partial charge on any atom is 0.139 e. The SMILES string of the molecule is COc1cccc(C(Oc2ccc(Cl)c(C)c2)C(C)N)c1. The van der Waals surface area contributed by atoms with E-state index in [1.165, 1.54) is 0 Å². The molecule has 4 heteroatoms. The fourth-order valence-electron chi connectivity index (χ4n) is 2.13. The van der Waals surface area contributed by atoms with E-state index in [4.69, 9.17) is 26.8 Å². The summed E-state index contributed by atoms with van der Waals surface area (Å²) in [5.74, 6) is 1.54. The van der Waals surface area contributed by atoms with Crippen molar-refractivity contribution in [1.82, 2.24) is 0 Å². The van der Waals surface area contributed by atoms with Crippen LogP contribution in [0.4, 0.5) is 0 Å². The third kappa shape index (κ3) is 3.90. The minimum atomic E-state index is -0.249. The van der Waals surface area contributed by atoms with Crippen LogP contribution in [0.1, 0.15) is 24.2 Å². The molecule has 2 rings (SSSR count). The molecule has 0 aliphatic heterocycles. The van der Waals surface area contributed by atoms with E-state index in [9.17, 15) is 0 Å². The summed E-state index contributed by atoms with van der Waals surface area (Å²) >= 11 is 6.04. The van der Waals surface area contributed by atoms with Crippen LogP contribution < -0.4 is 15.2 Å². The smallest absolute Gasteiger partial charge is 0.139 e. The van der Waals surface area contributed by atoms with Gasteiger partial charge in [0, 0.05) is 11.1 Å². The second-order valence-corrected chi connectivity index (χ2v) is 5.49. The largest absolute Gasteiger partial charge is 0.497 e. The third-order valence-corrected chi connectivity index (χ3v) is 3.72. The number of halogens is 1. The number of hydrogen-bond donors (Lipinski definition) is 1. The Morgan fingerprint density at radius 3 is 2.48 bits per heavy atom. The van der Waals surface area contributed by atoms with Crippen molar-refractivity contribution in [2.45, 2.75) is 26.0 Å². The molecule has 0 fully saturated rings. The van der Waals surface area contributed by atoms with Crippen LogP contribution in [0.5, 0.6) is 11.5 Å². The first-order chi connectivity index (χ1) is 10.0. The average molecular weight is 306 g/mol. The molecule has 2 N–H and O–H groups in total. The van der Waals surface area contributed by atoms with Gasteiger partial charge in [-0.25, -0.2) is 0 Å². The van der Waals surface area contributed by atoms with Crippen LogP contribution in [0.2, 0.25) is 5.02 Å². The highest BCUT2D eigenvalue weighted by atomic mass is 35.5. The lowest BCUT2D eigenvalue weighted by atomic mass is 10.0. The van der Waals surface area contributed by atoms with Gasteiger partial charge in [-0.3, -0.25) is 0 Å². The van der Waals surface area contributed by atoms with Crippen molar-refractivity contribution < 1.29 is 9.47 Å². The Morgan fingerprint density at radius 2 is 1.86 bits per heavy atom. The second-order valence-electron chi connectivity index (χ2n) is 5.09.